The van der Waals surface area contributed by atoms with Crippen LogP contribution in [-0.2, 0) is 6.54 Å². The third kappa shape index (κ3) is 2.91. The highest BCUT2D eigenvalue weighted by molar-refractivity contribution is 6.00. The molecule has 0 saturated carbocycles. The molecule has 108 valence electrons. The Hall–Kier alpha value is -2.69. The summed E-state index contributed by atoms with van der Waals surface area (Å²) < 4.78 is 11.0. The molecule has 0 spiro atoms. The number of ether oxygens (including phenoxy) is 2. The quantitative estimate of drug-likeness (QED) is 0.850. The second kappa shape index (κ2) is 5.75. The van der Waals surface area contributed by atoms with E-state index in [9.17, 15) is 0 Å². The van der Waals surface area contributed by atoms with Gasteiger partial charge in [-0.05, 0) is 24.3 Å². The van der Waals surface area contributed by atoms with Gasteiger partial charge in [0.05, 0.1) is 19.3 Å². The van der Waals surface area contributed by atoms with E-state index < -0.39 is 0 Å². The van der Waals surface area contributed by atoms with E-state index >= 15 is 0 Å². The summed E-state index contributed by atoms with van der Waals surface area (Å²) in [4.78, 5) is 4.55. The third-order valence-electron chi connectivity index (χ3n) is 3.28. The summed E-state index contributed by atoms with van der Waals surface area (Å²) in [7, 11) is 1.66. The maximum atomic E-state index is 5.78. The summed E-state index contributed by atoms with van der Waals surface area (Å²) >= 11 is 0. The normalized spacial score (nSPS) is 15.0. The summed E-state index contributed by atoms with van der Waals surface area (Å²) in [5.74, 6) is 2.41. The number of nitrogens with one attached hydrogen (secondary N) is 1. The van der Waals surface area contributed by atoms with E-state index in [4.69, 9.17) is 15.2 Å². The highest BCUT2D eigenvalue weighted by Crippen LogP contribution is 2.29. The van der Waals surface area contributed by atoms with Crippen molar-refractivity contribution in [2.75, 3.05) is 24.8 Å². The van der Waals surface area contributed by atoms with Crippen LogP contribution in [0.2, 0.25) is 0 Å². The highest BCUT2D eigenvalue weighted by atomic mass is 16.5. The van der Waals surface area contributed by atoms with Gasteiger partial charge in [-0.25, -0.2) is 0 Å². The van der Waals surface area contributed by atoms with Gasteiger partial charge in [-0.2, -0.15) is 0 Å². The van der Waals surface area contributed by atoms with Crippen molar-refractivity contribution < 1.29 is 9.47 Å². The summed E-state index contributed by atoms with van der Waals surface area (Å²) in [6, 6.07) is 13.4. The number of hydrogen-bond acceptors (Lipinski definition) is 4. The van der Waals surface area contributed by atoms with E-state index in [1.165, 1.54) is 0 Å². The smallest absolute Gasteiger partial charge is 0.146 e. The van der Waals surface area contributed by atoms with Crippen molar-refractivity contribution in [3.05, 3.63) is 48.0 Å². The van der Waals surface area contributed by atoms with Crippen LogP contribution in [0.5, 0.6) is 11.5 Å². The molecule has 2 aromatic carbocycles. The SMILES string of the molecule is COc1ccccc1CN=C1COc2ccc(N)cc2N1. The Morgan fingerprint density at radius 3 is 3.00 bits per heavy atom. The van der Waals surface area contributed by atoms with Gasteiger partial charge in [0, 0.05) is 11.3 Å². The van der Waals surface area contributed by atoms with Crippen molar-refractivity contribution >= 4 is 17.2 Å². The van der Waals surface area contributed by atoms with Crippen LogP contribution in [-0.4, -0.2) is 19.6 Å². The number of benzene rings is 2. The van der Waals surface area contributed by atoms with E-state index in [1.54, 1.807) is 7.11 Å². The monoisotopic (exact) mass is 283 g/mol. The van der Waals surface area contributed by atoms with Crippen molar-refractivity contribution in [2.24, 2.45) is 4.99 Å². The molecule has 3 rings (SSSR count). The van der Waals surface area contributed by atoms with Gasteiger partial charge in [0.1, 0.15) is 23.9 Å². The van der Waals surface area contributed by atoms with Gasteiger partial charge in [0.25, 0.3) is 0 Å². The number of amidine groups is 1. The number of hydrogen-bond donors (Lipinski definition) is 2. The second-order valence-corrected chi connectivity index (χ2v) is 4.74. The molecule has 0 amide bonds. The lowest BCUT2D eigenvalue weighted by molar-refractivity contribution is 0.372. The van der Waals surface area contributed by atoms with Crippen LogP contribution in [0.25, 0.3) is 0 Å². The molecule has 0 aliphatic carbocycles. The molecule has 0 radical (unpaired) electrons. The summed E-state index contributed by atoms with van der Waals surface area (Å²) in [6.07, 6.45) is 0. The van der Waals surface area contributed by atoms with E-state index in [-0.39, 0.29) is 0 Å². The fourth-order valence-electron chi connectivity index (χ4n) is 2.21. The van der Waals surface area contributed by atoms with Crippen LogP contribution < -0.4 is 20.5 Å². The van der Waals surface area contributed by atoms with Crippen LogP contribution >= 0.6 is 0 Å². The first-order valence-corrected chi connectivity index (χ1v) is 6.71. The number of para-hydroxylation sites is 1. The Kier molecular flexibility index (Phi) is 3.64. The number of anilines is 2. The first kappa shape index (κ1) is 13.3. The lowest BCUT2D eigenvalue weighted by Gasteiger charge is -2.21. The number of rotatable bonds is 3. The molecule has 5 heteroatoms. The lowest BCUT2D eigenvalue weighted by Crippen LogP contribution is -2.26. The minimum Gasteiger partial charge on any atom is -0.496 e. The van der Waals surface area contributed by atoms with Gasteiger partial charge >= 0.3 is 0 Å². The minimum absolute atomic E-state index is 0.423. The zero-order valence-corrected chi connectivity index (χ0v) is 11.8. The van der Waals surface area contributed by atoms with Crippen molar-refractivity contribution in [3.63, 3.8) is 0 Å². The van der Waals surface area contributed by atoms with Gasteiger partial charge in [0.15, 0.2) is 0 Å². The molecule has 2 aromatic rings. The molecule has 1 aliphatic heterocycles. The molecule has 0 saturated heterocycles. The molecule has 0 bridgehead atoms. The van der Waals surface area contributed by atoms with E-state index in [0.29, 0.717) is 18.8 Å². The Morgan fingerprint density at radius 2 is 2.14 bits per heavy atom. The molecule has 21 heavy (non-hydrogen) atoms. The Labute approximate surface area is 123 Å². The van der Waals surface area contributed by atoms with Crippen LogP contribution in [0.15, 0.2) is 47.5 Å². The maximum absolute atomic E-state index is 5.78. The molecule has 0 aromatic heterocycles. The van der Waals surface area contributed by atoms with E-state index in [2.05, 4.69) is 10.3 Å². The zero-order valence-electron chi connectivity index (χ0n) is 11.8. The summed E-state index contributed by atoms with van der Waals surface area (Å²) in [6.45, 7) is 0.958. The van der Waals surface area contributed by atoms with Crippen LogP contribution in [0.1, 0.15) is 5.56 Å². The zero-order chi connectivity index (χ0) is 14.7. The first-order chi connectivity index (χ1) is 10.3. The fraction of sp³-hybridized carbons (Fsp3) is 0.188. The molecule has 3 N–H and O–H groups in total. The standard InChI is InChI=1S/C16H17N3O2/c1-20-14-5-3-2-4-11(14)9-18-16-10-21-15-7-6-12(17)8-13(15)19-16/h2-8H,9-10,17H2,1H3,(H,18,19). The first-order valence-electron chi connectivity index (χ1n) is 6.71. The van der Waals surface area contributed by atoms with Gasteiger partial charge in [-0.15, -0.1) is 0 Å². The third-order valence-corrected chi connectivity index (χ3v) is 3.28. The number of fused-ring (bicyclic) bond motifs is 1. The lowest BCUT2D eigenvalue weighted by atomic mass is 10.2. The predicted octanol–water partition coefficient (Wildman–Crippen LogP) is 2.68. The van der Waals surface area contributed by atoms with Crippen molar-refractivity contribution in [1.29, 1.82) is 0 Å². The van der Waals surface area contributed by atoms with Crippen molar-refractivity contribution in [3.8, 4) is 11.5 Å². The molecule has 0 fully saturated rings. The summed E-state index contributed by atoms with van der Waals surface area (Å²) in [5, 5.41) is 3.25. The number of aliphatic imine (C=N–C) groups is 1. The largest absolute Gasteiger partial charge is 0.496 e. The van der Waals surface area contributed by atoms with Crippen molar-refractivity contribution in [1.82, 2.24) is 0 Å². The van der Waals surface area contributed by atoms with Crippen molar-refractivity contribution in [2.45, 2.75) is 6.54 Å². The number of nitrogens with two attached hydrogens (primary N) is 1. The molecule has 1 heterocycles. The van der Waals surface area contributed by atoms with Gasteiger partial charge in [0.2, 0.25) is 0 Å². The highest BCUT2D eigenvalue weighted by Gasteiger charge is 2.14. The Morgan fingerprint density at radius 1 is 1.29 bits per heavy atom. The van der Waals surface area contributed by atoms with E-state index in [1.807, 2.05) is 42.5 Å². The molecular formula is C16H17N3O2. The topological polar surface area (TPSA) is 68.9 Å². The van der Waals surface area contributed by atoms with E-state index in [0.717, 1.165) is 28.6 Å². The number of methoxy groups -OCH3 is 1. The minimum atomic E-state index is 0.423. The fourth-order valence-corrected chi connectivity index (χ4v) is 2.21. The molecule has 0 atom stereocenters. The van der Waals surface area contributed by atoms with Gasteiger partial charge < -0.3 is 20.5 Å². The van der Waals surface area contributed by atoms with Gasteiger partial charge in [-0.1, -0.05) is 18.2 Å². The molecular weight excluding hydrogens is 266 g/mol. The molecule has 1 aliphatic rings. The maximum Gasteiger partial charge on any atom is 0.146 e. The van der Waals surface area contributed by atoms with Gasteiger partial charge in [-0.3, -0.25) is 4.99 Å². The second-order valence-electron chi connectivity index (χ2n) is 4.74. The average Bonchev–Trinajstić information content (AvgIpc) is 2.52. The Balaban J connectivity index is 1.76. The molecule has 0 unspecified atom stereocenters. The van der Waals surface area contributed by atoms with Crippen LogP contribution in [0.3, 0.4) is 0 Å². The van der Waals surface area contributed by atoms with Crippen LogP contribution in [0, 0.1) is 0 Å². The number of nitrogens with zero attached hydrogens (tertiary/aromatic N) is 1. The molecule has 5 nitrogen and oxygen atoms in total. The predicted molar refractivity (Wildman–Crippen MR) is 84.1 cm³/mol. The average molecular weight is 283 g/mol. The summed E-state index contributed by atoms with van der Waals surface area (Å²) in [5.41, 5.74) is 8.35. The number of nitrogen functional groups attached to an aromatic ring is 1. The van der Waals surface area contributed by atoms with Crippen LogP contribution in [0.4, 0.5) is 11.4 Å². The Bertz CT molecular complexity index is 683.